The predicted octanol–water partition coefficient (Wildman–Crippen LogP) is 2.79. The Morgan fingerprint density at radius 3 is 1.86 bits per heavy atom. The molecule has 1 unspecified atom stereocenters. The quantitative estimate of drug-likeness (QED) is 0.813. The fraction of sp³-hybridized carbons (Fsp3) is 0.409. The highest BCUT2D eigenvalue weighted by atomic mass is 16.5. The van der Waals surface area contributed by atoms with Gasteiger partial charge in [0.15, 0.2) is 23.0 Å². The first-order valence-corrected chi connectivity index (χ1v) is 9.37. The number of carbonyl (C=O) groups is 1. The molecule has 2 aromatic rings. The van der Waals surface area contributed by atoms with Crippen molar-refractivity contribution >= 4 is 5.91 Å². The lowest BCUT2D eigenvalue weighted by atomic mass is 9.85. The van der Waals surface area contributed by atoms with Gasteiger partial charge in [-0.05, 0) is 52.9 Å². The number of nitrogens with zero attached hydrogens (tertiary/aromatic N) is 1. The van der Waals surface area contributed by atoms with Gasteiger partial charge in [0.25, 0.3) is 0 Å². The van der Waals surface area contributed by atoms with Crippen LogP contribution in [0.4, 0.5) is 0 Å². The van der Waals surface area contributed by atoms with E-state index in [1.807, 2.05) is 23.1 Å². The number of hydrogen-bond acceptors (Lipinski definition) is 5. The molecule has 0 saturated heterocycles. The molecule has 2 aliphatic heterocycles. The molecule has 0 aromatic heterocycles. The molecule has 0 aliphatic carbocycles. The van der Waals surface area contributed by atoms with Crippen LogP contribution in [0.5, 0.6) is 23.0 Å². The second-order valence-corrected chi connectivity index (χ2v) is 7.13. The molecule has 148 valence electrons. The lowest BCUT2D eigenvalue weighted by Crippen LogP contribution is -2.33. The van der Waals surface area contributed by atoms with Crippen LogP contribution in [0, 0.1) is 0 Å². The third-order valence-corrected chi connectivity index (χ3v) is 5.79. The van der Waals surface area contributed by atoms with Crippen molar-refractivity contribution in [3.63, 3.8) is 0 Å². The second kappa shape index (κ2) is 7.26. The molecule has 2 heterocycles. The summed E-state index contributed by atoms with van der Waals surface area (Å²) in [6.45, 7) is 1.34. The van der Waals surface area contributed by atoms with E-state index < -0.39 is 0 Å². The van der Waals surface area contributed by atoms with Gasteiger partial charge in [0.05, 0.1) is 34.9 Å². The zero-order valence-corrected chi connectivity index (χ0v) is 16.7. The average molecular weight is 383 g/mol. The highest BCUT2D eigenvalue weighted by molar-refractivity contribution is 5.81. The molecule has 6 heteroatoms. The highest BCUT2D eigenvalue weighted by Crippen LogP contribution is 2.43. The maximum atomic E-state index is 12.9. The Morgan fingerprint density at radius 1 is 0.786 bits per heavy atom. The Morgan fingerprint density at radius 2 is 1.29 bits per heavy atom. The SMILES string of the molecule is COc1cc2c(cc1OC)C1CN(CC2)C(=O)Cc2cc(OC)c(OC)cc21. The van der Waals surface area contributed by atoms with Gasteiger partial charge < -0.3 is 23.8 Å². The van der Waals surface area contributed by atoms with E-state index in [2.05, 4.69) is 6.07 Å². The van der Waals surface area contributed by atoms with Crippen LogP contribution in [0.2, 0.25) is 0 Å². The molecule has 0 saturated carbocycles. The van der Waals surface area contributed by atoms with E-state index in [0.717, 1.165) is 17.5 Å². The summed E-state index contributed by atoms with van der Waals surface area (Å²) >= 11 is 0. The first-order valence-electron chi connectivity index (χ1n) is 9.37. The van der Waals surface area contributed by atoms with E-state index in [1.165, 1.54) is 11.1 Å². The van der Waals surface area contributed by atoms with Gasteiger partial charge in [0, 0.05) is 19.0 Å². The van der Waals surface area contributed by atoms with Gasteiger partial charge in [0.1, 0.15) is 0 Å². The molecule has 2 aliphatic rings. The summed E-state index contributed by atoms with van der Waals surface area (Å²) in [4.78, 5) is 14.9. The van der Waals surface area contributed by atoms with E-state index in [9.17, 15) is 4.79 Å². The van der Waals surface area contributed by atoms with Crippen molar-refractivity contribution in [2.75, 3.05) is 41.5 Å². The normalized spacial score (nSPS) is 17.8. The molecule has 0 spiro atoms. The van der Waals surface area contributed by atoms with Crippen molar-refractivity contribution in [3.05, 3.63) is 46.5 Å². The molecule has 2 aromatic carbocycles. The monoisotopic (exact) mass is 383 g/mol. The molecule has 28 heavy (non-hydrogen) atoms. The predicted molar refractivity (Wildman–Crippen MR) is 105 cm³/mol. The number of rotatable bonds is 4. The molecule has 1 atom stereocenters. The van der Waals surface area contributed by atoms with Crippen LogP contribution in [0.3, 0.4) is 0 Å². The summed E-state index contributed by atoms with van der Waals surface area (Å²) in [5.41, 5.74) is 4.44. The van der Waals surface area contributed by atoms with E-state index in [1.54, 1.807) is 28.4 Å². The lowest BCUT2D eigenvalue weighted by Gasteiger charge is -2.23. The minimum absolute atomic E-state index is 0.0403. The molecule has 0 radical (unpaired) electrons. The maximum absolute atomic E-state index is 12.9. The first-order chi connectivity index (χ1) is 13.6. The smallest absolute Gasteiger partial charge is 0.227 e. The number of ether oxygens (including phenoxy) is 4. The van der Waals surface area contributed by atoms with Crippen molar-refractivity contribution in [2.24, 2.45) is 0 Å². The summed E-state index contributed by atoms with van der Waals surface area (Å²) in [7, 11) is 6.53. The Labute approximate surface area is 165 Å². The number of methoxy groups -OCH3 is 4. The molecule has 0 fully saturated rings. The van der Waals surface area contributed by atoms with Crippen LogP contribution < -0.4 is 18.9 Å². The van der Waals surface area contributed by atoms with E-state index in [4.69, 9.17) is 18.9 Å². The summed E-state index contributed by atoms with van der Waals surface area (Å²) in [6, 6.07) is 8.04. The standard InChI is InChI=1S/C22H25NO5/c1-25-18-7-13-5-6-23-12-17(15(13)10-20(18)27-3)16-11-21(28-4)19(26-2)8-14(16)9-22(23)24/h7-8,10-11,17H,5-6,9,12H2,1-4H3. The summed E-state index contributed by atoms with van der Waals surface area (Å²) in [5, 5.41) is 0. The van der Waals surface area contributed by atoms with Crippen LogP contribution in [-0.2, 0) is 17.6 Å². The fourth-order valence-corrected chi connectivity index (χ4v) is 4.32. The number of hydrogen-bond donors (Lipinski definition) is 0. The average Bonchev–Trinajstić information content (AvgIpc) is 2.99. The van der Waals surface area contributed by atoms with Gasteiger partial charge in [-0.2, -0.15) is 0 Å². The number of amides is 1. The Balaban J connectivity index is 1.94. The Bertz CT molecular complexity index is 924. The van der Waals surface area contributed by atoms with Gasteiger partial charge in [0.2, 0.25) is 5.91 Å². The van der Waals surface area contributed by atoms with Crippen LogP contribution in [-0.4, -0.2) is 52.3 Å². The molecular formula is C22H25NO5. The zero-order chi connectivity index (χ0) is 19.8. The topological polar surface area (TPSA) is 57.2 Å². The van der Waals surface area contributed by atoms with Crippen LogP contribution in [0.15, 0.2) is 24.3 Å². The maximum Gasteiger partial charge on any atom is 0.227 e. The molecule has 0 N–H and O–H groups in total. The molecule has 1 amide bonds. The molecule has 6 nitrogen and oxygen atoms in total. The van der Waals surface area contributed by atoms with E-state index in [0.29, 0.717) is 42.5 Å². The van der Waals surface area contributed by atoms with Gasteiger partial charge in [-0.15, -0.1) is 0 Å². The minimum Gasteiger partial charge on any atom is -0.493 e. The van der Waals surface area contributed by atoms with E-state index >= 15 is 0 Å². The largest absolute Gasteiger partial charge is 0.493 e. The zero-order valence-electron chi connectivity index (χ0n) is 16.7. The van der Waals surface area contributed by atoms with Gasteiger partial charge in [-0.1, -0.05) is 0 Å². The Kier molecular flexibility index (Phi) is 4.79. The minimum atomic E-state index is 0.0403. The van der Waals surface area contributed by atoms with Crippen LogP contribution >= 0.6 is 0 Å². The van der Waals surface area contributed by atoms with Crippen molar-refractivity contribution in [2.45, 2.75) is 18.8 Å². The molecule has 2 bridgehead atoms. The summed E-state index contributed by atoms with van der Waals surface area (Å²) < 4.78 is 22.1. The summed E-state index contributed by atoms with van der Waals surface area (Å²) in [6.07, 6.45) is 1.16. The van der Waals surface area contributed by atoms with Crippen LogP contribution in [0.1, 0.15) is 28.2 Å². The molecular weight excluding hydrogens is 358 g/mol. The third-order valence-electron chi connectivity index (χ3n) is 5.79. The first kappa shape index (κ1) is 18.5. The van der Waals surface area contributed by atoms with Crippen molar-refractivity contribution in [1.29, 1.82) is 0 Å². The number of carbonyl (C=O) groups excluding carboxylic acids is 1. The van der Waals surface area contributed by atoms with Crippen molar-refractivity contribution in [1.82, 2.24) is 4.90 Å². The van der Waals surface area contributed by atoms with Crippen LogP contribution in [0.25, 0.3) is 0 Å². The lowest BCUT2D eigenvalue weighted by molar-refractivity contribution is -0.130. The number of fused-ring (bicyclic) bond motifs is 6. The Hall–Kier alpha value is -2.89. The second-order valence-electron chi connectivity index (χ2n) is 7.13. The molecule has 4 rings (SSSR count). The van der Waals surface area contributed by atoms with Crippen molar-refractivity contribution < 1.29 is 23.7 Å². The highest BCUT2D eigenvalue weighted by Gasteiger charge is 2.34. The van der Waals surface area contributed by atoms with Gasteiger partial charge >= 0.3 is 0 Å². The number of benzene rings is 2. The third kappa shape index (κ3) is 2.93. The van der Waals surface area contributed by atoms with Gasteiger partial charge in [-0.25, -0.2) is 0 Å². The summed E-state index contributed by atoms with van der Waals surface area (Å²) in [5.74, 6) is 2.91. The fourth-order valence-electron chi connectivity index (χ4n) is 4.32. The van der Waals surface area contributed by atoms with E-state index in [-0.39, 0.29) is 11.8 Å². The van der Waals surface area contributed by atoms with Crippen molar-refractivity contribution in [3.8, 4) is 23.0 Å². The van der Waals surface area contributed by atoms with Gasteiger partial charge in [-0.3, -0.25) is 4.79 Å².